The lowest BCUT2D eigenvalue weighted by atomic mass is 10.2. The highest BCUT2D eigenvalue weighted by atomic mass is 32.2. The zero-order valence-electron chi connectivity index (χ0n) is 6.77. The fourth-order valence-electron chi connectivity index (χ4n) is 0.470. The fraction of sp³-hybridized carbons (Fsp3) is 0.750. The molecular weight excluding hydrogens is 128 g/mol. The van der Waals surface area contributed by atoms with Crippen molar-refractivity contribution >= 4 is 11.8 Å². The molecule has 0 rings (SSSR count). The number of allylic oxidation sites excluding steroid dienone is 1. The summed E-state index contributed by atoms with van der Waals surface area (Å²) in [5.74, 6) is 0. The Morgan fingerprint density at radius 2 is 2.00 bits per heavy atom. The normalized spacial score (nSPS) is 12.9. The van der Waals surface area contributed by atoms with Crippen molar-refractivity contribution in [3.8, 4) is 0 Å². The van der Waals surface area contributed by atoms with Crippen LogP contribution in [0, 0.1) is 0 Å². The van der Waals surface area contributed by atoms with E-state index in [1.54, 1.807) is 0 Å². The first-order chi connectivity index (χ1) is 4.12. The van der Waals surface area contributed by atoms with Gasteiger partial charge in [-0.1, -0.05) is 19.1 Å². The first kappa shape index (κ1) is 9.09. The Morgan fingerprint density at radius 1 is 1.44 bits per heavy atom. The highest BCUT2D eigenvalue weighted by molar-refractivity contribution is 8.00. The van der Waals surface area contributed by atoms with Gasteiger partial charge in [-0.2, -0.15) is 11.8 Å². The Bertz CT molecular complexity index is 92.7. The summed E-state index contributed by atoms with van der Waals surface area (Å²) in [6.45, 7) is 6.61. The summed E-state index contributed by atoms with van der Waals surface area (Å²) >= 11 is 1.88. The minimum atomic E-state index is 0.329. The predicted molar refractivity (Wildman–Crippen MR) is 47.0 cm³/mol. The minimum Gasteiger partial charge on any atom is -0.155 e. The van der Waals surface area contributed by atoms with Gasteiger partial charge in [-0.05, 0) is 26.5 Å². The highest BCUT2D eigenvalue weighted by Crippen LogP contribution is 2.22. The van der Waals surface area contributed by atoms with Crippen molar-refractivity contribution in [3.63, 3.8) is 0 Å². The van der Waals surface area contributed by atoms with Crippen LogP contribution in [0.2, 0.25) is 0 Å². The molecule has 0 bridgehead atoms. The van der Waals surface area contributed by atoms with Crippen molar-refractivity contribution in [2.75, 3.05) is 6.26 Å². The van der Waals surface area contributed by atoms with Gasteiger partial charge in [-0.3, -0.25) is 0 Å². The second-order valence-corrected chi connectivity index (χ2v) is 4.08. The van der Waals surface area contributed by atoms with Gasteiger partial charge in [0.1, 0.15) is 0 Å². The van der Waals surface area contributed by atoms with Crippen LogP contribution in [0.25, 0.3) is 0 Å². The van der Waals surface area contributed by atoms with Crippen LogP contribution in [0.4, 0.5) is 0 Å². The van der Waals surface area contributed by atoms with Gasteiger partial charge < -0.3 is 0 Å². The summed E-state index contributed by atoms with van der Waals surface area (Å²) in [7, 11) is 0. The van der Waals surface area contributed by atoms with E-state index in [9.17, 15) is 0 Å². The Hall–Kier alpha value is 0.0900. The average Bonchev–Trinajstić information content (AvgIpc) is 1.84. The van der Waals surface area contributed by atoms with E-state index in [1.165, 1.54) is 0 Å². The second kappa shape index (κ2) is 3.99. The van der Waals surface area contributed by atoms with Crippen molar-refractivity contribution in [3.05, 3.63) is 12.2 Å². The maximum absolute atomic E-state index is 2.26. The number of hydrogen-bond donors (Lipinski definition) is 0. The topological polar surface area (TPSA) is 0 Å². The van der Waals surface area contributed by atoms with Crippen molar-refractivity contribution in [1.82, 2.24) is 0 Å². The average molecular weight is 144 g/mol. The van der Waals surface area contributed by atoms with E-state index >= 15 is 0 Å². The van der Waals surface area contributed by atoms with Gasteiger partial charge in [0.05, 0.1) is 0 Å². The first-order valence-corrected chi connectivity index (χ1v) is 4.57. The summed E-state index contributed by atoms with van der Waals surface area (Å²) in [6.07, 6.45) is 7.76. The molecule has 0 saturated heterocycles. The second-order valence-electron chi connectivity index (χ2n) is 2.62. The smallest absolute Gasteiger partial charge is 0.0279 e. The molecule has 54 valence electrons. The van der Waals surface area contributed by atoms with E-state index in [2.05, 4.69) is 39.2 Å². The third-order valence-electron chi connectivity index (χ3n) is 1.28. The molecule has 0 radical (unpaired) electrons. The molecular formula is C8H16S. The summed E-state index contributed by atoms with van der Waals surface area (Å²) in [5.41, 5.74) is 0. The maximum atomic E-state index is 2.26. The zero-order valence-corrected chi connectivity index (χ0v) is 7.59. The van der Waals surface area contributed by atoms with Crippen molar-refractivity contribution in [2.45, 2.75) is 31.9 Å². The van der Waals surface area contributed by atoms with E-state index in [1.807, 2.05) is 11.8 Å². The number of hydrogen-bond acceptors (Lipinski definition) is 1. The van der Waals surface area contributed by atoms with Crippen molar-refractivity contribution in [1.29, 1.82) is 0 Å². The molecule has 1 heteroatoms. The van der Waals surface area contributed by atoms with Crippen LogP contribution in [0.5, 0.6) is 0 Å². The summed E-state index contributed by atoms with van der Waals surface area (Å²) in [5, 5.41) is 0. The molecule has 0 aromatic rings. The molecule has 0 fully saturated rings. The standard InChI is InChI=1S/C8H16S/c1-5-6-7-8(2,3)9-4/h6-7H,5H2,1-4H3/b7-6-. The molecule has 0 N–H and O–H groups in total. The third kappa shape index (κ3) is 4.58. The molecule has 0 nitrogen and oxygen atoms in total. The van der Waals surface area contributed by atoms with Crippen LogP contribution in [-0.4, -0.2) is 11.0 Å². The van der Waals surface area contributed by atoms with E-state index in [-0.39, 0.29) is 0 Å². The monoisotopic (exact) mass is 144 g/mol. The Labute approximate surface area is 62.7 Å². The summed E-state index contributed by atoms with van der Waals surface area (Å²) in [4.78, 5) is 0. The summed E-state index contributed by atoms with van der Waals surface area (Å²) < 4.78 is 0.329. The molecule has 0 unspecified atom stereocenters. The molecule has 0 saturated carbocycles. The quantitative estimate of drug-likeness (QED) is 0.548. The number of thioether (sulfide) groups is 1. The van der Waals surface area contributed by atoms with E-state index in [0.717, 1.165) is 6.42 Å². The maximum Gasteiger partial charge on any atom is 0.0279 e. The number of rotatable bonds is 3. The van der Waals surface area contributed by atoms with E-state index < -0.39 is 0 Å². The molecule has 0 atom stereocenters. The molecule has 0 aromatic carbocycles. The highest BCUT2D eigenvalue weighted by Gasteiger charge is 2.08. The van der Waals surface area contributed by atoms with Crippen LogP contribution in [-0.2, 0) is 0 Å². The first-order valence-electron chi connectivity index (χ1n) is 3.35. The Kier molecular flexibility index (Phi) is 4.03. The SMILES string of the molecule is CC/C=C\C(C)(C)SC. The molecule has 0 heterocycles. The molecule has 0 aliphatic carbocycles. The van der Waals surface area contributed by atoms with Crippen molar-refractivity contribution < 1.29 is 0 Å². The van der Waals surface area contributed by atoms with Gasteiger partial charge in [0.2, 0.25) is 0 Å². The Morgan fingerprint density at radius 3 is 2.33 bits per heavy atom. The molecule has 0 aromatic heterocycles. The molecule has 0 aliphatic rings. The largest absolute Gasteiger partial charge is 0.155 e. The zero-order chi connectivity index (χ0) is 7.33. The fourth-order valence-corrected chi connectivity index (χ4v) is 0.702. The summed E-state index contributed by atoms with van der Waals surface area (Å²) in [6, 6.07) is 0. The van der Waals surface area contributed by atoms with Crippen molar-refractivity contribution in [2.24, 2.45) is 0 Å². The van der Waals surface area contributed by atoms with Crippen LogP contribution >= 0.6 is 11.8 Å². The van der Waals surface area contributed by atoms with Crippen LogP contribution in [0.1, 0.15) is 27.2 Å². The van der Waals surface area contributed by atoms with Crippen LogP contribution in [0.15, 0.2) is 12.2 Å². The van der Waals surface area contributed by atoms with Gasteiger partial charge in [0.15, 0.2) is 0 Å². The van der Waals surface area contributed by atoms with E-state index in [0.29, 0.717) is 4.75 Å². The lowest BCUT2D eigenvalue weighted by Gasteiger charge is -2.15. The van der Waals surface area contributed by atoms with E-state index in [4.69, 9.17) is 0 Å². The molecule has 0 aliphatic heterocycles. The van der Waals surface area contributed by atoms with Gasteiger partial charge in [0.25, 0.3) is 0 Å². The minimum absolute atomic E-state index is 0.329. The van der Waals surface area contributed by atoms with Gasteiger partial charge in [0, 0.05) is 4.75 Å². The van der Waals surface area contributed by atoms with Crippen LogP contribution < -0.4 is 0 Å². The molecule has 0 amide bonds. The lowest BCUT2D eigenvalue weighted by molar-refractivity contribution is 0.894. The van der Waals surface area contributed by atoms with Crippen LogP contribution in [0.3, 0.4) is 0 Å². The Balaban J connectivity index is 3.70. The van der Waals surface area contributed by atoms with Gasteiger partial charge in [-0.25, -0.2) is 0 Å². The molecule has 9 heavy (non-hydrogen) atoms. The lowest BCUT2D eigenvalue weighted by Crippen LogP contribution is -2.08. The molecule has 0 spiro atoms. The predicted octanol–water partition coefficient (Wildman–Crippen LogP) is 3.09. The van der Waals surface area contributed by atoms with Gasteiger partial charge in [-0.15, -0.1) is 0 Å². The third-order valence-corrected chi connectivity index (χ3v) is 2.47. The van der Waals surface area contributed by atoms with Gasteiger partial charge >= 0.3 is 0 Å².